The van der Waals surface area contributed by atoms with Crippen LogP contribution in [0.3, 0.4) is 0 Å². The van der Waals surface area contributed by atoms with Crippen molar-refractivity contribution >= 4 is 62.5 Å². The number of aromatic nitrogens is 1. The molecule has 11 heteroatoms. The molecule has 2 amide bonds. The number of nitrogens with zero attached hydrogens (tertiary/aromatic N) is 2. The molecule has 3 heterocycles. The van der Waals surface area contributed by atoms with Crippen LogP contribution in [-0.2, 0) is 25.7 Å². The summed E-state index contributed by atoms with van der Waals surface area (Å²) in [7, 11) is 1.57. The lowest BCUT2D eigenvalue weighted by molar-refractivity contribution is -0.144. The average Bonchev–Trinajstić information content (AvgIpc) is 3.31. The number of benzene rings is 2. The first kappa shape index (κ1) is 24.8. The number of halogens is 1. The van der Waals surface area contributed by atoms with E-state index in [4.69, 9.17) is 9.47 Å². The zero-order valence-electron chi connectivity index (χ0n) is 19.3. The number of carbonyl (C=O) groups excluding carboxylic acids is 3. The molecule has 0 aliphatic carbocycles. The van der Waals surface area contributed by atoms with Crippen LogP contribution in [0, 0.1) is 5.92 Å². The fourth-order valence-corrected chi connectivity index (χ4v) is 7.64. The molecule has 0 N–H and O–H groups in total. The van der Waals surface area contributed by atoms with Crippen molar-refractivity contribution in [2.45, 2.75) is 29.7 Å². The Morgan fingerprint density at radius 3 is 2.36 bits per heavy atom. The minimum absolute atomic E-state index is 0.196. The third-order valence-electron chi connectivity index (χ3n) is 6.20. The summed E-state index contributed by atoms with van der Waals surface area (Å²) in [5, 5.41) is -0.220. The number of anilines is 1. The fourth-order valence-electron chi connectivity index (χ4n) is 4.61. The van der Waals surface area contributed by atoms with Gasteiger partial charge in [0.25, 0.3) is 0 Å². The molecule has 1 aromatic heterocycles. The molecule has 0 bridgehead atoms. The molecule has 2 aliphatic heterocycles. The van der Waals surface area contributed by atoms with Gasteiger partial charge >= 0.3 is 10.8 Å². The van der Waals surface area contributed by atoms with Gasteiger partial charge in [0.05, 0.1) is 30.3 Å². The Bertz CT molecular complexity index is 1400. The molecular formula is C25H21BrN2O6S2. The third kappa shape index (κ3) is 4.18. The number of imide groups is 1. The normalized spacial score (nSPS) is 20.8. The molecule has 186 valence electrons. The number of amides is 2. The predicted molar refractivity (Wildman–Crippen MR) is 140 cm³/mol. The molecule has 36 heavy (non-hydrogen) atoms. The number of esters is 1. The summed E-state index contributed by atoms with van der Waals surface area (Å²) < 4.78 is 12.5. The molecule has 2 aromatic carbocycles. The second-order valence-corrected chi connectivity index (χ2v) is 11.3. The Morgan fingerprint density at radius 2 is 1.72 bits per heavy atom. The van der Waals surface area contributed by atoms with Crippen molar-refractivity contribution < 1.29 is 23.9 Å². The lowest BCUT2D eigenvalue weighted by atomic mass is 9.83. The minimum atomic E-state index is -0.747. The number of methoxy groups -OCH3 is 1. The van der Waals surface area contributed by atoms with Crippen LogP contribution >= 0.6 is 39.0 Å². The Labute approximate surface area is 223 Å². The first-order valence-corrected chi connectivity index (χ1v) is 13.7. The number of ether oxygens (including phenoxy) is 2. The molecule has 0 saturated carbocycles. The van der Waals surface area contributed by atoms with Gasteiger partial charge in [0.15, 0.2) is 0 Å². The lowest BCUT2D eigenvalue weighted by Gasteiger charge is -2.30. The molecule has 0 radical (unpaired) electrons. The summed E-state index contributed by atoms with van der Waals surface area (Å²) in [6.07, 6.45) is 0. The van der Waals surface area contributed by atoms with Crippen LogP contribution in [0.2, 0.25) is 0 Å². The highest BCUT2D eigenvalue weighted by atomic mass is 79.9. The molecule has 1 saturated heterocycles. The van der Waals surface area contributed by atoms with E-state index in [1.807, 2.05) is 12.1 Å². The highest BCUT2D eigenvalue weighted by Crippen LogP contribution is 2.54. The van der Waals surface area contributed by atoms with Gasteiger partial charge in [0, 0.05) is 15.3 Å². The number of carbonyl (C=O) groups is 3. The fraction of sp³-hybridized carbons (Fsp3) is 0.280. The SMILES string of the molecule is CCOC(=O)Cn1c2c(sc1=O)[C@H](c1ccc(OC)cc1)C1C(=O)N(c3ccc(Br)cc3)C(=O)C1S2. The summed E-state index contributed by atoms with van der Waals surface area (Å²) in [4.78, 5) is 54.2. The van der Waals surface area contributed by atoms with Crippen LogP contribution in [0.5, 0.6) is 5.75 Å². The molecule has 0 spiro atoms. The van der Waals surface area contributed by atoms with Crippen molar-refractivity contribution in [3.05, 3.63) is 73.1 Å². The summed E-state index contributed by atoms with van der Waals surface area (Å²) in [5.74, 6) is -1.78. The first-order chi connectivity index (χ1) is 17.3. The van der Waals surface area contributed by atoms with Gasteiger partial charge < -0.3 is 9.47 Å². The third-order valence-corrected chi connectivity index (χ3v) is 9.33. The van der Waals surface area contributed by atoms with E-state index in [0.29, 0.717) is 21.3 Å². The summed E-state index contributed by atoms with van der Waals surface area (Å²) in [6, 6.07) is 14.3. The second-order valence-electron chi connectivity index (χ2n) is 8.23. The Morgan fingerprint density at radius 1 is 1.03 bits per heavy atom. The smallest absolute Gasteiger partial charge is 0.326 e. The standard InChI is InChI=1S/C25H21BrN2O6S2/c1-3-34-17(29)12-27-24-21(36-25(27)32)18(13-4-10-16(33-2)11-5-13)19-20(35-24)23(31)28(22(19)30)15-8-6-14(26)7-9-15/h4-11,18-20H,3,12H2,1-2H3/t18-,19?,20?/m1/s1. The topological polar surface area (TPSA) is 94.9 Å². The summed E-state index contributed by atoms with van der Waals surface area (Å²) >= 11 is 5.56. The van der Waals surface area contributed by atoms with E-state index in [2.05, 4.69) is 15.9 Å². The van der Waals surface area contributed by atoms with Crippen LogP contribution < -0.4 is 14.5 Å². The molecule has 5 rings (SSSR count). The Balaban J connectivity index is 1.63. The molecule has 2 aliphatic rings. The second kappa shape index (κ2) is 9.87. The molecule has 1 fully saturated rings. The van der Waals surface area contributed by atoms with Crippen molar-refractivity contribution in [2.24, 2.45) is 5.92 Å². The maximum absolute atomic E-state index is 13.8. The number of hydrogen-bond acceptors (Lipinski definition) is 8. The largest absolute Gasteiger partial charge is 0.497 e. The van der Waals surface area contributed by atoms with Gasteiger partial charge in [0.2, 0.25) is 11.8 Å². The molecular weight excluding hydrogens is 568 g/mol. The number of fused-ring (bicyclic) bond motifs is 2. The van der Waals surface area contributed by atoms with Crippen molar-refractivity contribution in [2.75, 3.05) is 18.6 Å². The molecule has 8 nitrogen and oxygen atoms in total. The number of hydrogen-bond donors (Lipinski definition) is 0. The van der Waals surface area contributed by atoms with E-state index in [1.165, 1.54) is 21.2 Å². The Kier molecular flexibility index (Phi) is 6.80. The molecule has 3 aromatic rings. The average molecular weight is 589 g/mol. The van der Waals surface area contributed by atoms with Crippen LogP contribution in [0.15, 0.2) is 62.8 Å². The zero-order chi connectivity index (χ0) is 25.6. The number of thiazole rings is 1. The number of rotatable bonds is 6. The predicted octanol–water partition coefficient (Wildman–Crippen LogP) is 4.04. The van der Waals surface area contributed by atoms with Gasteiger partial charge in [-0.2, -0.15) is 0 Å². The first-order valence-electron chi connectivity index (χ1n) is 11.2. The van der Waals surface area contributed by atoms with E-state index in [-0.39, 0.29) is 29.8 Å². The van der Waals surface area contributed by atoms with E-state index in [1.54, 1.807) is 50.4 Å². The van der Waals surface area contributed by atoms with E-state index in [9.17, 15) is 19.2 Å². The quantitative estimate of drug-likeness (QED) is 0.317. The van der Waals surface area contributed by atoms with E-state index >= 15 is 0 Å². The van der Waals surface area contributed by atoms with Crippen molar-refractivity contribution in [3.63, 3.8) is 0 Å². The zero-order valence-corrected chi connectivity index (χ0v) is 22.5. The van der Waals surface area contributed by atoms with Crippen LogP contribution in [0.4, 0.5) is 5.69 Å². The van der Waals surface area contributed by atoms with Crippen molar-refractivity contribution in [1.29, 1.82) is 0 Å². The van der Waals surface area contributed by atoms with Crippen LogP contribution in [0.25, 0.3) is 0 Å². The van der Waals surface area contributed by atoms with Gasteiger partial charge in [-0.1, -0.05) is 51.2 Å². The van der Waals surface area contributed by atoms with Crippen molar-refractivity contribution in [1.82, 2.24) is 4.57 Å². The summed E-state index contributed by atoms with van der Waals surface area (Å²) in [6.45, 7) is 1.64. The minimum Gasteiger partial charge on any atom is -0.497 e. The van der Waals surface area contributed by atoms with E-state index in [0.717, 1.165) is 21.4 Å². The van der Waals surface area contributed by atoms with Gasteiger partial charge in [-0.3, -0.25) is 23.7 Å². The molecule has 3 atom stereocenters. The summed E-state index contributed by atoms with van der Waals surface area (Å²) in [5.41, 5.74) is 1.28. The Hall–Kier alpha value is -2.89. The van der Waals surface area contributed by atoms with Gasteiger partial charge in [-0.25, -0.2) is 4.90 Å². The van der Waals surface area contributed by atoms with Gasteiger partial charge in [0.1, 0.15) is 17.5 Å². The van der Waals surface area contributed by atoms with Crippen molar-refractivity contribution in [3.8, 4) is 5.75 Å². The maximum atomic E-state index is 13.8. The highest BCUT2D eigenvalue weighted by molar-refractivity contribution is 9.10. The molecule has 2 unspecified atom stereocenters. The monoisotopic (exact) mass is 588 g/mol. The lowest BCUT2D eigenvalue weighted by Crippen LogP contribution is -2.32. The van der Waals surface area contributed by atoms with Gasteiger partial charge in [-0.05, 0) is 48.9 Å². The van der Waals surface area contributed by atoms with Crippen LogP contribution in [-0.4, -0.2) is 41.3 Å². The van der Waals surface area contributed by atoms with E-state index < -0.39 is 23.1 Å². The highest BCUT2D eigenvalue weighted by Gasteiger charge is 2.56. The van der Waals surface area contributed by atoms with Crippen LogP contribution in [0.1, 0.15) is 23.3 Å². The number of thioether (sulfide) groups is 1. The van der Waals surface area contributed by atoms with Gasteiger partial charge in [-0.15, -0.1) is 0 Å². The maximum Gasteiger partial charge on any atom is 0.326 e.